The molecule has 1 amide bonds. The van der Waals surface area contributed by atoms with Gasteiger partial charge in [0.1, 0.15) is 11.5 Å². The third-order valence-electron chi connectivity index (χ3n) is 4.14. The second-order valence-electron chi connectivity index (χ2n) is 6.12. The summed E-state index contributed by atoms with van der Waals surface area (Å²) in [6, 6.07) is 10.7. The molecular formula is C19H18N4O2S. The molecule has 1 aliphatic heterocycles. The highest BCUT2D eigenvalue weighted by molar-refractivity contribution is 7.15. The normalized spacial score (nSPS) is 13.9. The molecule has 132 valence electrons. The van der Waals surface area contributed by atoms with E-state index < -0.39 is 0 Å². The molecule has 3 heterocycles. The van der Waals surface area contributed by atoms with Crippen molar-refractivity contribution < 1.29 is 9.53 Å². The number of nitrogens with zero attached hydrogens (tertiary/aromatic N) is 3. The maximum Gasteiger partial charge on any atom is 0.261 e. The number of aromatic nitrogens is 2. The van der Waals surface area contributed by atoms with Crippen molar-refractivity contribution in [3.63, 3.8) is 0 Å². The van der Waals surface area contributed by atoms with E-state index in [1.807, 2.05) is 12.1 Å². The van der Waals surface area contributed by atoms with E-state index in [1.54, 1.807) is 36.7 Å². The van der Waals surface area contributed by atoms with Gasteiger partial charge in [0, 0.05) is 30.6 Å². The Balaban J connectivity index is 1.54. The second-order valence-corrected chi connectivity index (χ2v) is 7.20. The number of pyridine rings is 1. The van der Waals surface area contributed by atoms with Crippen LogP contribution in [0.15, 0.2) is 48.8 Å². The molecule has 2 aromatic heterocycles. The van der Waals surface area contributed by atoms with E-state index in [1.165, 1.54) is 16.2 Å². The maximum atomic E-state index is 12.8. The summed E-state index contributed by atoms with van der Waals surface area (Å²) < 4.78 is 5.82. The molecule has 0 radical (unpaired) electrons. The SMILES string of the molecule is CN1CCc2nc(NC(=O)c3ccccc3Oc3cccnc3)sc2C1. The monoisotopic (exact) mass is 366 g/mol. The first-order chi connectivity index (χ1) is 12.7. The van der Waals surface area contributed by atoms with Crippen LogP contribution in [0.3, 0.4) is 0 Å². The second kappa shape index (κ2) is 7.23. The van der Waals surface area contributed by atoms with Gasteiger partial charge in [0.25, 0.3) is 5.91 Å². The van der Waals surface area contributed by atoms with Crippen molar-refractivity contribution in [1.29, 1.82) is 0 Å². The first kappa shape index (κ1) is 16.7. The average Bonchev–Trinajstić information content (AvgIpc) is 3.04. The summed E-state index contributed by atoms with van der Waals surface area (Å²) in [5.74, 6) is 0.837. The lowest BCUT2D eigenvalue weighted by Crippen LogP contribution is -2.25. The van der Waals surface area contributed by atoms with Gasteiger partial charge in [-0.25, -0.2) is 4.98 Å². The van der Waals surface area contributed by atoms with E-state index in [9.17, 15) is 4.79 Å². The Morgan fingerprint density at radius 3 is 3.00 bits per heavy atom. The van der Waals surface area contributed by atoms with Crippen LogP contribution in [0, 0.1) is 0 Å². The Kier molecular flexibility index (Phi) is 4.64. The Bertz CT molecular complexity index is 926. The molecule has 0 fully saturated rings. The fourth-order valence-corrected chi connectivity index (χ4v) is 3.90. The number of thiazole rings is 1. The number of ether oxygens (including phenoxy) is 1. The molecule has 1 N–H and O–H groups in total. The minimum Gasteiger partial charge on any atom is -0.455 e. The molecule has 4 rings (SSSR count). The lowest BCUT2D eigenvalue weighted by atomic mass is 10.2. The highest BCUT2D eigenvalue weighted by Crippen LogP contribution is 2.29. The molecule has 6 nitrogen and oxygen atoms in total. The molecule has 0 atom stereocenters. The number of benzene rings is 1. The number of nitrogens with one attached hydrogen (secondary N) is 1. The standard InChI is InChI=1S/C19H18N4O2S/c1-23-10-8-15-17(12-23)26-19(21-15)22-18(24)14-6-2-3-7-16(14)25-13-5-4-9-20-11-13/h2-7,9,11H,8,10,12H2,1H3,(H,21,22,24). The van der Waals surface area contributed by atoms with Gasteiger partial charge in [-0.1, -0.05) is 12.1 Å². The number of carbonyl (C=O) groups is 1. The fraction of sp³-hybridized carbons (Fsp3) is 0.211. The fourth-order valence-electron chi connectivity index (χ4n) is 2.82. The molecular weight excluding hydrogens is 348 g/mol. The topological polar surface area (TPSA) is 67.4 Å². The highest BCUT2D eigenvalue weighted by atomic mass is 32.1. The Hall–Kier alpha value is -2.77. The Morgan fingerprint density at radius 2 is 2.15 bits per heavy atom. The van der Waals surface area contributed by atoms with Crippen LogP contribution in [-0.2, 0) is 13.0 Å². The van der Waals surface area contributed by atoms with Crippen molar-refractivity contribution in [2.45, 2.75) is 13.0 Å². The molecule has 1 aliphatic rings. The minimum absolute atomic E-state index is 0.232. The van der Waals surface area contributed by atoms with E-state index in [0.29, 0.717) is 22.2 Å². The van der Waals surface area contributed by atoms with Gasteiger partial charge in [-0.15, -0.1) is 11.3 Å². The van der Waals surface area contributed by atoms with E-state index in [0.717, 1.165) is 25.2 Å². The summed E-state index contributed by atoms with van der Waals surface area (Å²) in [5.41, 5.74) is 1.55. The van der Waals surface area contributed by atoms with Crippen molar-refractivity contribution in [3.8, 4) is 11.5 Å². The third-order valence-corrected chi connectivity index (χ3v) is 5.13. The summed E-state index contributed by atoms with van der Waals surface area (Å²) >= 11 is 1.54. The molecule has 0 saturated heterocycles. The van der Waals surface area contributed by atoms with Gasteiger partial charge in [-0.3, -0.25) is 15.1 Å². The number of anilines is 1. The van der Waals surface area contributed by atoms with Gasteiger partial charge in [0.05, 0.1) is 17.5 Å². The van der Waals surface area contributed by atoms with Crippen LogP contribution in [0.5, 0.6) is 11.5 Å². The quantitative estimate of drug-likeness (QED) is 0.765. The van der Waals surface area contributed by atoms with E-state index >= 15 is 0 Å². The van der Waals surface area contributed by atoms with Gasteiger partial charge in [-0.2, -0.15) is 0 Å². The van der Waals surface area contributed by atoms with Gasteiger partial charge < -0.3 is 9.64 Å². The molecule has 26 heavy (non-hydrogen) atoms. The lowest BCUT2D eigenvalue weighted by molar-refractivity contribution is 0.102. The summed E-state index contributed by atoms with van der Waals surface area (Å²) in [5, 5.41) is 3.54. The summed E-state index contributed by atoms with van der Waals surface area (Å²) in [6.07, 6.45) is 4.20. The van der Waals surface area contributed by atoms with Gasteiger partial charge >= 0.3 is 0 Å². The number of fused-ring (bicyclic) bond motifs is 1. The zero-order valence-electron chi connectivity index (χ0n) is 14.3. The number of amides is 1. The Morgan fingerprint density at radius 1 is 1.27 bits per heavy atom. The van der Waals surface area contributed by atoms with Crippen molar-refractivity contribution >= 4 is 22.4 Å². The number of likely N-dealkylation sites (N-methyl/N-ethyl adjacent to an activating group) is 1. The highest BCUT2D eigenvalue weighted by Gasteiger charge is 2.20. The predicted octanol–water partition coefficient (Wildman–Crippen LogP) is 3.57. The molecule has 1 aromatic carbocycles. The summed E-state index contributed by atoms with van der Waals surface area (Å²) in [7, 11) is 2.09. The average molecular weight is 366 g/mol. The van der Waals surface area contributed by atoms with E-state index in [4.69, 9.17) is 4.74 Å². The van der Waals surface area contributed by atoms with Crippen molar-refractivity contribution in [2.75, 3.05) is 18.9 Å². The van der Waals surface area contributed by atoms with Crippen LogP contribution >= 0.6 is 11.3 Å². The molecule has 3 aromatic rings. The van der Waals surface area contributed by atoms with Gasteiger partial charge in [0.15, 0.2) is 5.13 Å². The summed E-state index contributed by atoms with van der Waals surface area (Å²) in [6.45, 7) is 1.87. The van der Waals surface area contributed by atoms with Gasteiger partial charge in [-0.05, 0) is 31.3 Å². The van der Waals surface area contributed by atoms with Crippen LogP contribution < -0.4 is 10.1 Å². The number of rotatable bonds is 4. The first-order valence-electron chi connectivity index (χ1n) is 8.34. The maximum absolute atomic E-state index is 12.8. The van der Waals surface area contributed by atoms with Crippen LogP contribution in [0.2, 0.25) is 0 Å². The van der Waals surface area contributed by atoms with Crippen LogP contribution in [-0.4, -0.2) is 34.4 Å². The Labute approximate surface area is 155 Å². The van der Waals surface area contributed by atoms with E-state index in [2.05, 4.69) is 27.2 Å². The van der Waals surface area contributed by atoms with E-state index in [-0.39, 0.29) is 5.91 Å². The van der Waals surface area contributed by atoms with Crippen LogP contribution in [0.1, 0.15) is 20.9 Å². The predicted molar refractivity (Wildman–Crippen MR) is 101 cm³/mol. The van der Waals surface area contributed by atoms with Crippen LogP contribution in [0.25, 0.3) is 0 Å². The zero-order valence-corrected chi connectivity index (χ0v) is 15.1. The van der Waals surface area contributed by atoms with Crippen LogP contribution in [0.4, 0.5) is 5.13 Å². The molecule has 0 spiro atoms. The number of hydrogen-bond donors (Lipinski definition) is 1. The first-order valence-corrected chi connectivity index (χ1v) is 9.16. The summed E-state index contributed by atoms with van der Waals surface area (Å²) in [4.78, 5) is 24.8. The molecule has 0 bridgehead atoms. The van der Waals surface area contributed by atoms with Crippen molar-refractivity contribution in [3.05, 3.63) is 64.9 Å². The van der Waals surface area contributed by atoms with Gasteiger partial charge in [0.2, 0.25) is 0 Å². The molecule has 0 aliphatic carbocycles. The third kappa shape index (κ3) is 3.58. The minimum atomic E-state index is -0.232. The number of hydrogen-bond acceptors (Lipinski definition) is 6. The largest absolute Gasteiger partial charge is 0.455 e. The lowest BCUT2D eigenvalue weighted by Gasteiger charge is -2.20. The number of carbonyl (C=O) groups excluding carboxylic acids is 1. The molecule has 0 saturated carbocycles. The number of para-hydroxylation sites is 1. The van der Waals surface area contributed by atoms with Crippen molar-refractivity contribution in [1.82, 2.24) is 14.9 Å². The molecule has 7 heteroatoms. The molecule has 0 unspecified atom stereocenters. The smallest absolute Gasteiger partial charge is 0.261 e. The zero-order chi connectivity index (χ0) is 17.9. The van der Waals surface area contributed by atoms with Crippen molar-refractivity contribution in [2.24, 2.45) is 0 Å².